The van der Waals surface area contributed by atoms with E-state index in [4.69, 9.17) is 0 Å². The molecule has 0 radical (unpaired) electrons. The van der Waals surface area contributed by atoms with E-state index in [-0.39, 0.29) is 0 Å². The van der Waals surface area contributed by atoms with Gasteiger partial charge in [-0.1, -0.05) is 55.2 Å². The van der Waals surface area contributed by atoms with E-state index in [0.717, 1.165) is 0 Å². The molecule has 0 N–H and O–H groups in total. The van der Waals surface area contributed by atoms with Gasteiger partial charge >= 0.3 is 0 Å². The first-order chi connectivity index (χ1) is 7.00. The largest absolute Gasteiger partial charge is 0.104 e. The second kappa shape index (κ2) is 5.31. The minimum Gasteiger partial charge on any atom is -0.104 e. The molecule has 0 aliphatic heterocycles. The molecule has 0 atom stereocenters. The van der Waals surface area contributed by atoms with E-state index in [1.807, 2.05) is 0 Å². The molecule has 0 aliphatic rings. The van der Waals surface area contributed by atoms with E-state index in [2.05, 4.69) is 56.6 Å². The van der Waals surface area contributed by atoms with Gasteiger partial charge in [0.25, 0.3) is 0 Å². The van der Waals surface area contributed by atoms with Gasteiger partial charge in [0.15, 0.2) is 0 Å². The quantitative estimate of drug-likeness (QED) is 0.641. The van der Waals surface area contributed by atoms with Crippen LogP contribution in [0, 0.1) is 0 Å². The van der Waals surface area contributed by atoms with Gasteiger partial charge in [-0.2, -0.15) is 0 Å². The highest BCUT2D eigenvalue weighted by atomic mass is 28.3. The zero-order chi connectivity index (χ0) is 11.3. The second-order valence-corrected chi connectivity index (χ2v) is 10.4. The summed E-state index contributed by atoms with van der Waals surface area (Å²) in [4.78, 5) is 0. The van der Waals surface area contributed by atoms with Crippen molar-refractivity contribution in [1.29, 1.82) is 0 Å². The zero-order valence-corrected chi connectivity index (χ0v) is 11.2. The average molecular weight is 218 g/mol. The third-order valence-electron chi connectivity index (χ3n) is 2.85. The number of rotatable bonds is 5. The summed E-state index contributed by atoms with van der Waals surface area (Å²) >= 11 is 0. The fraction of sp³-hybridized carbons (Fsp3) is 0.429. The Bertz CT molecular complexity index is 306. The summed E-state index contributed by atoms with van der Waals surface area (Å²) in [7, 11) is -1.09. The molecule has 15 heavy (non-hydrogen) atoms. The molecule has 0 aliphatic carbocycles. The van der Waals surface area contributed by atoms with Crippen LogP contribution in [-0.2, 0) is 6.42 Å². The molecule has 0 bridgehead atoms. The van der Waals surface area contributed by atoms with Crippen molar-refractivity contribution in [3.8, 4) is 0 Å². The Hall–Kier alpha value is -0.823. The lowest BCUT2D eigenvalue weighted by Gasteiger charge is -2.19. The van der Waals surface area contributed by atoms with Gasteiger partial charge in [-0.05, 0) is 24.8 Å². The van der Waals surface area contributed by atoms with Gasteiger partial charge in [-0.15, -0.1) is 6.58 Å². The first-order valence-electron chi connectivity index (χ1n) is 5.72. The molecule has 0 saturated carbocycles. The first-order valence-corrected chi connectivity index (χ1v) is 9.22. The van der Waals surface area contributed by atoms with Crippen LogP contribution < -0.4 is 0 Å². The average Bonchev–Trinajstić information content (AvgIpc) is 2.18. The van der Waals surface area contributed by atoms with Crippen LogP contribution >= 0.6 is 0 Å². The van der Waals surface area contributed by atoms with Gasteiger partial charge in [0.1, 0.15) is 0 Å². The topological polar surface area (TPSA) is 0 Å². The van der Waals surface area contributed by atoms with Crippen LogP contribution in [0.5, 0.6) is 0 Å². The number of benzene rings is 1. The van der Waals surface area contributed by atoms with Gasteiger partial charge in [0.2, 0.25) is 0 Å². The third-order valence-corrected chi connectivity index (χ3v) is 5.22. The lowest BCUT2D eigenvalue weighted by molar-refractivity contribution is 0.831. The molecule has 0 spiro atoms. The maximum Gasteiger partial charge on any atom is 0.0716 e. The van der Waals surface area contributed by atoms with E-state index in [1.54, 1.807) is 0 Å². The van der Waals surface area contributed by atoms with Crippen molar-refractivity contribution in [3.63, 3.8) is 0 Å². The summed E-state index contributed by atoms with van der Waals surface area (Å²) < 4.78 is 0. The lowest BCUT2D eigenvalue weighted by atomic mass is 10.1. The van der Waals surface area contributed by atoms with Crippen LogP contribution in [0.15, 0.2) is 42.1 Å². The number of hydrogen-bond donors (Lipinski definition) is 0. The molecule has 0 heterocycles. The van der Waals surface area contributed by atoms with Crippen molar-refractivity contribution >= 4 is 8.07 Å². The molecule has 0 unspecified atom stereocenters. The normalized spacial score (nSPS) is 11.4. The first kappa shape index (κ1) is 12.2. The van der Waals surface area contributed by atoms with Crippen LogP contribution in [0.2, 0.25) is 19.6 Å². The molecular weight excluding hydrogens is 196 g/mol. The Morgan fingerprint density at radius 1 is 1.13 bits per heavy atom. The smallest absolute Gasteiger partial charge is 0.0716 e. The van der Waals surface area contributed by atoms with Crippen LogP contribution in [0.25, 0.3) is 0 Å². The molecule has 0 aromatic heterocycles. The van der Waals surface area contributed by atoms with Gasteiger partial charge in [0.05, 0.1) is 8.07 Å². The van der Waals surface area contributed by atoms with Crippen LogP contribution in [-0.4, -0.2) is 8.07 Å². The summed E-state index contributed by atoms with van der Waals surface area (Å²) in [6.07, 6.45) is 3.63. The van der Waals surface area contributed by atoms with Crippen molar-refractivity contribution in [3.05, 3.63) is 47.7 Å². The summed E-state index contributed by atoms with van der Waals surface area (Å²) in [5.74, 6) is 0. The molecular formula is C14H22Si. The van der Waals surface area contributed by atoms with E-state index in [9.17, 15) is 0 Å². The van der Waals surface area contributed by atoms with Crippen molar-refractivity contribution in [2.24, 2.45) is 0 Å². The molecule has 1 rings (SSSR count). The van der Waals surface area contributed by atoms with Gasteiger partial charge < -0.3 is 0 Å². The van der Waals surface area contributed by atoms with Crippen molar-refractivity contribution in [2.45, 2.75) is 38.9 Å². The monoisotopic (exact) mass is 218 g/mol. The van der Waals surface area contributed by atoms with Gasteiger partial charge in [-0.3, -0.25) is 0 Å². The van der Waals surface area contributed by atoms with Crippen molar-refractivity contribution < 1.29 is 0 Å². The summed E-state index contributed by atoms with van der Waals surface area (Å²) in [6, 6.07) is 10.7. The van der Waals surface area contributed by atoms with E-state index in [1.165, 1.54) is 30.0 Å². The maximum absolute atomic E-state index is 4.22. The minimum atomic E-state index is -1.09. The maximum atomic E-state index is 4.22. The van der Waals surface area contributed by atoms with Crippen LogP contribution in [0.4, 0.5) is 0 Å². The highest BCUT2D eigenvalue weighted by molar-refractivity contribution is 6.82. The number of aryl methyl sites for hydroxylation is 1. The highest BCUT2D eigenvalue weighted by Crippen LogP contribution is 2.18. The molecule has 0 nitrogen and oxygen atoms in total. The molecule has 1 aromatic rings. The fourth-order valence-corrected chi connectivity index (χ4v) is 2.45. The summed E-state index contributed by atoms with van der Waals surface area (Å²) in [5.41, 5.74) is 1.45. The molecule has 0 saturated heterocycles. The lowest BCUT2D eigenvalue weighted by Crippen LogP contribution is -2.23. The summed E-state index contributed by atoms with van der Waals surface area (Å²) in [5, 5.41) is 1.50. The van der Waals surface area contributed by atoms with Gasteiger partial charge in [-0.25, -0.2) is 0 Å². The number of allylic oxidation sites excluding steroid dienone is 1. The molecule has 1 aromatic carbocycles. The Morgan fingerprint density at radius 2 is 1.73 bits per heavy atom. The standard InChI is InChI=1S/C14H22Si/c1-13(15(2,3)4)9-8-12-14-10-6-5-7-11-14/h5-7,10-11H,1,8-9,12H2,2-4H3. The summed E-state index contributed by atoms with van der Waals surface area (Å²) in [6.45, 7) is 11.3. The molecule has 0 amide bonds. The Labute approximate surface area is 95.0 Å². The predicted molar refractivity (Wildman–Crippen MR) is 71.9 cm³/mol. The van der Waals surface area contributed by atoms with Crippen molar-refractivity contribution in [2.75, 3.05) is 0 Å². The predicted octanol–water partition coefficient (Wildman–Crippen LogP) is 4.44. The van der Waals surface area contributed by atoms with Crippen molar-refractivity contribution in [1.82, 2.24) is 0 Å². The fourth-order valence-electron chi connectivity index (χ4n) is 1.53. The second-order valence-electron chi connectivity index (χ2n) is 5.19. The Kier molecular flexibility index (Phi) is 4.34. The van der Waals surface area contributed by atoms with E-state index >= 15 is 0 Å². The number of hydrogen-bond acceptors (Lipinski definition) is 0. The molecule has 82 valence electrons. The Morgan fingerprint density at radius 3 is 2.27 bits per heavy atom. The SMILES string of the molecule is C=C(CCCc1ccccc1)[Si](C)(C)C. The molecule has 1 heteroatoms. The zero-order valence-electron chi connectivity index (χ0n) is 10.2. The Balaban J connectivity index is 2.32. The highest BCUT2D eigenvalue weighted by Gasteiger charge is 2.16. The molecule has 0 fully saturated rings. The minimum absolute atomic E-state index is 1.09. The van der Waals surface area contributed by atoms with E-state index < -0.39 is 8.07 Å². The van der Waals surface area contributed by atoms with Crippen LogP contribution in [0.1, 0.15) is 18.4 Å². The van der Waals surface area contributed by atoms with E-state index in [0.29, 0.717) is 0 Å². The third kappa shape index (κ3) is 4.48. The van der Waals surface area contributed by atoms with Gasteiger partial charge in [0, 0.05) is 0 Å². The van der Waals surface area contributed by atoms with Crippen LogP contribution in [0.3, 0.4) is 0 Å².